The molecule has 0 radical (unpaired) electrons. The standard InChI is InChI=1S/C19H17Br2N3O2S/c1-2-22-19(23-14-7-3-12(20)4-8-14)27-16-11-17(25)24(18(16)26)15-9-5-13(21)6-10-15/h3-10,16H,2,11H2,1H3,(H,22,23)/t16-/m1/s1. The predicted molar refractivity (Wildman–Crippen MR) is 118 cm³/mol. The Morgan fingerprint density at radius 3 is 2.30 bits per heavy atom. The van der Waals surface area contributed by atoms with Gasteiger partial charge in [-0.2, -0.15) is 0 Å². The third-order valence-corrected chi connectivity index (χ3v) is 6.01. The summed E-state index contributed by atoms with van der Waals surface area (Å²) in [6, 6.07) is 14.8. The van der Waals surface area contributed by atoms with Gasteiger partial charge in [-0.3, -0.25) is 14.6 Å². The molecule has 2 amide bonds. The monoisotopic (exact) mass is 509 g/mol. The Balaban J connectivity index is 1.74. The Morgan fingerprint density at radius 2 is 1.70 bits per heavy atom. The molecule has 1 fully saturated rings. The summed E-state index contributed by atoms with van der Waals surface area (Å²) in [5.74, 6) is -0.409. The highest BCUT2D eigenvalue weighted by atomic mass is 79.9. The van der Waals surface area contributed by atoms with E-state index < -0.39 is 5.25 Å². The number of benzene rings is 2. The van der Waals surface area contributed by atoms with Crippen molar-refractivity contribution >= 4 is 72.0 Å². The van der Waals surface area contributed by atoms with Gasteiger partial charge in [0.15, 0.2) is 5.17 Å². The van der Waals surface area contributed by atoms with Crippen molar-refractivity contribution in [2.75, 3.05) is 16.8 Å². The van der Waals surface area contributed by atoms with Crippen LogP contribution in [0.1, 0.15) is 13.3 Å². The van der Waals surface area contributed by atoms with Crippen LogP contribution in [0, 0.1) is 0 Å². The Bertz CT molecular complexity index is 870. The van der Waals surface area contributed by atoms with E-state index in [2.05, 4.69) is 42.2 Å². The van der Waals surface area contributed by atoms with E-state index in [9.17, 15) is 9.59 Å². The van der Waals surface area contributed by atoms with Gasteiger partial charge in [-0.25, -0.2) is 4.90 Å². The molecule has 8 heteroatoms. The fraction of sp³-hybridized carbons (Fsp3) is 0.211. The lowest BCUT2D eigenvalue weighted by Gasteiger charge is -2.16. The van der Waals surface area contributed by atoms with Gasteiger partial charge in [0.2, 0.25) is 11.8 Å². The number of hydrogen-bond donors (Lipinski definition) is 1. The lowest BCUT2D eigenvalue weighted by molar-refractivity contribution is -0.121. The van der Waals surface area contributed by atoms with Crippen molar-refractivity contribution in [3.63, 3.8) is 0 Å². The smallest absolute Gasteiger partial charge is 0.247 e. The van der Waals surface area contributed by atoms with Gasteiger partial charge < -0.3 is 5.32 Å². The average molecular weight is 511 g/mol. The van der Waals surface area contributed by atoms with Crippen molar-refractivity contribution in [3.8, 4) is 0 Å². The zero-order valence-corrected chi connectivity index (χ0v) is 18.5. The molecule has 0 bridgehead atoms. The SMILES string of the molecule is CCN=C(Nc1ccc(Br)cc1)S[C@@H]1CC(=O)N(c2ccc(Br)cc2)C1=O. The van der Waals surface area contributed by atoms with Crippen LogP contribution in [0.3, 0.4) is 0 Å². The summed E-state index contributed by atoms with van der Waals surface area (Å²) in [5, 5.41) is 3.37. The summed E-state index contributed by atoms with van der Waals surface area (Å²) < 4.78 is 1.88. The Labute approximate surface area is 178 Å². The van der Waals surface area contributed by atoms with E-state index in [0.717, 1.165) is 14.6 Å². The molecule has 5 nitrogen and oxygen atoms in total. The predicted octanol–water partition coefficient (Wildman–Crippen LogP) is 5.06. The van der Waals surface area contributed by atoms with Crippen molar-refractivity contribution in [2.45, 2.75) is 18.6 Å². The molecule has 140 valence electrons. The zero-order valence-electron chi connectivity index (χ0n) is 14.5. The second kappa shape index (κ2) is 9.03. The summed E-state index contributed by atoms with van der Waals surface area (Å²) >= 11 is 8.07. The highest BCUT2D eigenvalue weighted by Gasteiger charge is 2.40. The molecule has 1 heterocycles. The van der Waals surface area contributed by atoms with E-state index in [1.54, 1.807) is 12.1 Å². The fourth-order valence-corrected chi connectivity index (χ4v) is 4.21. The minimum Gasteiger partial charge on any atom is -0.335 e. The molecule has 1 N–H and O–H groups in total. The third-order valence-electron chi connectivity index (χ3n) is 3.84. The Hall–Kier alpha value is -1.64. The lowest BCUT2D eigenvalue weighted by Crippen LogP contribution is -2.31. The van der Waals surface area contributed by atoms with Crippen LogP contribution in [0.15, 0.2) is 62.5 Å². The molecule has 3 rings (SSSR count). The number of thioether (sulfide) groups is 1. The number of rotatable bonds is 4. The molecule has 2 aromatic rings. The van der Waals surface area contributed by atoms with Crippen molar-refractivity contribution in [1.82, 2.24) is 0 Å². The third kappa shape index (κ3) is 5.00. The largest absolute Gasteiger partial charge is 0.335 e. The molecule has 1 atom stereocenters. The highest BCUT2D eigenvalue weighted by Crippen LogP contribution is 2.31. The number of hydrogen-bond acceptors (Lipinski definition) is 4. The van der Waals surface area contributed by atoms with Crippen molar-refractivity contribution in [3.05, 3.63) is 57.5 Å². The summed E-state index contributed by atoms with van der Waals surface area (Å²) in [4.78, 5) is 31.0. The maximum atomic E-state index is 12.8. The minimum absolute atomic E-state index is 0.157. The van der Waals surface area contributed by atoms with Crippen LogP contribution in [0.25, 0.3) is 0 Å². The molecular weight excluding hydrogens is 494 g/mol. The molecule has 1 aliphatic rings. The van der Waals surface area contributed by atoms with E-state index >= 15 is 0 Å². The van der Waals surface area contributed by atoms with Gasteiger partial charge >= 0.3 is 0 Å². The van der Waals surface area contributed by atoms with Crippen LogP contribution < -0.4 is 10.2 Å². The quantitative estimate of drug-likeness (QED) is 0.354. The molecule has 0 aromatic heterocycles. The van der Waals surface area contributed by atoms with Crippen LogP contribution >= 0.6 is 43.6 Å². The number of imide groups is 1. The Kier molecular flexibility index (Phi) is 6.73. The number of amidine groups is 1. The summed E-state index contributed by atoms with van der Waals surface area (Å²) in [7, 11) is 0. The first-order chi connectivity index (χ1) is 13.0. The minimum atomic E-state index is -0.491. The van der Waals surface area contributed by atoms with Gasteiger partial charge in [0.1, 0.15) is 5.25 Å². The summed E-state index contributed by atoms with van der Waals surface area (Å²) in [6.45, 7) is 2.51. The second-order valence-corrected chi connectivity index (χ2v) is 8.79. The van der Waals surface area contributed by atoms with Crippen molar-refractivity contribution < 1.29 is 9.59 Å². The van der Waals surface area contributed by atoms with E-state index in [4.69, 9.17) is 0 Å². The number of amides is 2. The van der Waals surface area contributed by atoms with E-state index in [-0.39, 0.29) is 18.2 Å². The first-order valence-corrected chi connectivity index (χ1v) is 10.8. The zero-order chi connectivity index (χ0) is 19.4. The molecule has 1 aliphatic heterocycles. The van der Waals surface area contributed by atoms with Crippen LogP contribution in [0.4, 0.5) is 11.4 Å². The Morgan fingerprint density at radius 1 is 1.11 bits per heavy atom. The maximum Gasteiger partial charge on any atom is 0.247 e. The maximum absolute atomic E-state index is 12.8. The summed E-state index contributed by atoms with van der Waals surface area (Å²) in [5.41, 5.74) is 1.46. The molecule has 0 spiro atoms. The number of halogens is 2. The summed E-state index contributed by atoms with van der Waals surface area (Å²) in [6.07, 6.45) is 0.157. The number of aliphatic imine (C=N–C) groups is 1. The number of carbonyl (C=O) groups is 2. The van der Waals surface area contributed by atoms with Gasteiger partial charge in [0.25, 0.3) is 0 Å². The number of anilines is 2. The van der Waals surface area contributed by atoms with Gasteiger partial charge in [-0.1, -0.05) is 43.6 Å². The number of nitrogens with one attached hydrogen (secondary N) is 1. The highest BCUT2D eigenvalue weighted by molar-refractivity contribution is 9.10. The number of carbonyl (C=O) groups excluding carboxylic acids is 2. The lowest BCUT2D eigenvalue weighted by atomic mass is 10.3. The second-order valence-electron chi connectivity index (χ2n) is 5.77. The van der Waals surface area contributed by atoms with Crippen molar-refractivity contribution in [1.29, 1.82) is 0 Å². The molecule has 27 heavy (non-hydrogen) atoms. The van der Waals surface area contributed by atoms with E-state index in [1.807, 2.05) is 43.3 Å². The van der Waals surface area contributed by atoms with Crippen LogP contribution in [0.2, 0.25) is 0 Å². The molecule has 0 saturated carbocycles. The van der Waals surface area contributed by atoms with Crippen LogP contribution in [-0.4, -0.2) is 28.8 Å². The fourth-order valence-electron chi connectivity index (χ4n) is 2.60. The van der Waals surface area contributed by atoms with Crippen molar-refractivity contribution in [2.24, 2.45) is 4.99 Å². The molecule has 0 aliphatic carbocycles. The molecular formula is C19H17Br2N3O2S. The number of nitrogens with zero attached hydrogens (tertiary/aromatic N) is 2. The van der Waals surface area contributed by atoms with E-state index in [1.165, 1.54) is 16.7 Å². The average Bonchev–Trinajstić information content (AvgIpc) is 2.92. The van der Waals surface area contributed by atoms with Crippen LogP contribution in [-0.2, 0) is 9.59 Å². The van der Waals surface area contributed by atoms with E-state index in [0.29, 0.717) is 17.4 Å². The van der Waals surface area contributed by atoms with Gasteiger partial charge in [-0.15, -0.1) is 0 Å². The topological polar surface area (TPSA) is 61.8 Å². The first-order valence-electron chi connectivity index (χ1n) is 8.34. The normalized spacial score (nSPS) is 17.5. The first kappa shape index (κ1) is 20.1. The van der Waals surface area contributed by atoms with Crippen LogP contribution in [0.5, 0.6) is 0 Å². The van der Waals surface area contributed by atoms with Gasteiger partial charge in [0, 0.05) is 27.6 Å². The molecule has 1 saturated heterocycles. The molecule has 2 aromatic carbocycles. The molecule has 0 unspecified atom stereocenters. The van der Waals surface area contributed by atoms with Gasteiger partial charge in [0.05, 0.1) is 5.69 Å². The van der Waals surface area contributed by atoms with Gasteiger partial charge in [-0.05, 0) is 55.5 Å².